The summed E-state index contributed by atoms with van der Waals surface area (Å²) in [4.78, 5) is 45.4. The van der Waals surface area contributed by atoms with Crippen LogP contribution < -0.4 is 10.6 Å². The van der Waals surface area contributed by atoms with Crippen LogP contribution in [0.15, 0.2) is 39.5 Å². The Labute approximate surface area is 165 Å². The summed E-state index contributed by atoms with van der Waals surface area (Å²) in [6, 6.07) is 4.53. The smallest absolute Gasteiger partial charge is 0.321 e. The topological polar surface area (TPSA) is 104 Å². The summed E-state index contributed by atoms with van der Waals surface area (Å²) in [5.74, 6) is -0.458. The number of amides is 4. The van der Waals surface area contributed by atoms with E-state index in [0.717, 1.165) is 4.47 Å². The van der Waals surface area contributed by atoms with Gasteiger partial charge < -0.3 is 5.32 Å². The number of halogens is 2. The Balaban J connectivity index is 1.47. The standard InChI is InChI=1S/C16H13Br2N5O3/c17-9-2-3-11-12(6-9)14(25)23(13(11)24)5-1-4-19-16(26)22-15-20-7-10(18)8-21-15/h2-3,6-8H,1,4-5H2,(H2,19,20,21,22,26). The number of benzene rings is 1. The number of aromatic nitrogens is 2. The number of imide groups is 1. The zero-order valence-corrected chi connectivity index (χ0v) is 16.5. The minimum atomic E-state index is -0.460. The lowest BCUT2D eigenvalue weighted by Gasteiger charge is -2.13. The second kappa shape index (κ2) is 7.92. The molecule has 0 radical (unpaired) electrons. The molecule has 0 aliphatic carbocycles. The molecular formula is C16H13Br2N5O3. The normalized spacial score (nSPS) is 12.9. The molecule has 1 aliphatic heterocycles. The number of carbonyl (C=O) groups excluding carboxylic acids is 3. The van der Waals surface area contributed by atoms with Crippen molar-refractivity contribution in [3.8, 4) is 0 Å². The zero-order valence-electron chi connectivity index (χ0n) is 13.3. The van der Waals surface area contributed by atoms with Gasteiger partial charge in [0.05, 0.1) is 15.6 Å². The van der Waals surface area contributed by atoms with E-state index in [-0.39, 0.29) is 24.3 Å². The van der Waals surface area contributed by atoms with Crippen molar-refractivity contribution in [2.75, 3.05) is 18.4 Å². The summed E-state index contributed by atoms with van der Waals surface area (Å²) in [5, 5.41) is 5.12. The molecule has 0 fully saturated rings. The molecule has 10 heteroatoms. The average Bonchev–Trinajstić information content (AvgIpc) is 2.84. The van der Waals surface area contributed by atoms with Gasteiger partial charge in [-0.25, -0.2) is 14.8 Å². The van der Waals surface area contributed by atoms with Crippen LogP contribution in [0.25, 0.3) is 0 Å². The molecule has 26 heavy (non-hydrogen) atoms. The van der Waals surface area contributed by atoms with Gasteiger partial charge in [-0.3, -0.25) is 19.8 Å². The van der Waals surface area contributed by atoms with Gasteiger partial charge in [0.25, 0.3) is 11.8 Å². The highest BCUT2D eigenvalue weighted by atomic mass is 79.9. The fourth-order valence-corrected chi connectivity index (χ4v) is 2.99. The Morgan fingerprint density at radius 3 is 2.46 bits per heavy atom. The Morgan fingerprint density at radius 1 is 1.04 bits per heavy atom. The van der Waals surface area contributed by atoms with Crippen molar-refractivity contribution in [2.45, 2.75) is 6.42 Å². The highest BCUT2D eigenvalue weighted by Crippen LogP contribution is 2.25. The van der Waals surface area contributed by atoms with Crippen molar-refractivity contribution >= 4 is 55.7 Å². The highest BCUT2D eigenvalue weighted by molar-refractivity contribution is 9.10. The minimum absolute atomic E-state index is 0.177. The SMILES string of the molecule is O=C(NCCCN1C(=O)c2ccc(Br)cc2C1=O)Nc1ncc(Br)cn1. The monoisotopic (exact) mass is 481 g/mol. The molecule has 2 heterocycles. The van der Waals surface area contributed by atoms with Gasteiger partial charge in [0.15, 0.2) is 0 Å². The predicted molar refractivity (Wildman–Crippen MR) is 101 cm³/mol. The van der Waals surface area contributed by atoms with E-state index in [4.69, 9.17) is 0 Å². The third kappa shape index (κ3) is 4.07. The van der Waals surface area contributed by atoms with Gasteiger partial charge in [-0.2, -0.15) is 0 Å². The van der Waals surface area contributed by atoms with Crippen LogP contribution in [0.1, 0.15) is 27.1 Å². The molecule has 0 bridgehead atoms. The largest absolute Gasteiger partial charge is 0.338 e. The quantitative estimate of drug-likeness (QED) is 0.503. The number of carbonyl (C=O) groups is 3. The van der Waals surface area contributed by atoms with Crippen LogP contribution in [0.3, 0.4) is 0 Å². The molecule has 0 saturated carbocycles. The summed E-state index contributed by atoms with van der Waals surface area (Å²) < 4.78 is 1.45. The molecule has 4 amide bonds. The van der Waals surface area contributed by atoms with Gasteiger partial charge in [-0.1, -0.05) is 15.9 Å². The molecule has 0 atom stereocenters. The molecular weight excluding hydrogens is 470 g/mol. The number of rotatable bonds is 5. The predicted octanol–water partition coefficient (Wildman–Crippen LogP) is 2.81. The third-order valence-corrected chi connectivity index (χ3v) is 4.53. The Bertz CT molecular complexity index is 873. The lowest BCUT2D eigenvalue weighted by Crippen LogP contribution is -2.35. The molecule has 134 valence electrons. The van der Waals surface area contributed by atoms with Crippen molar-refractivity contribution in [1.29, 1.82) is 0 Å². The van der Waals surface area contributed by atoms with E-state index in [1.807, 2.05) is 0 Å². The number of hydrogen-bond donors (Lipinski definition) is 2. The Hall–Kier alpha value is -2.33. The Kier molecular flexibility index (Phi) is 5.62. The maximum atomic E-state index is 12.3. The van der Waals surface area contributed by atoms with Gasteiger partial charge >= 0.3 is 6.03 Å². The first-order valence-electron chi connectivity index (χ1n) is 7.64. The number of nitrogens with one attached hydrogen (secondary N) is 2. The van der Waals surface area contributed by atoms with Crippen LogP contribution in [0, 0.1) is 0 Å². The third-order valence-electron chi connectivity index (χ3n) is 3.62. The lowest BCUT2D eigenvalue weighted by molar-refractivity contribution is 0.0653. The van der Waals surface area contributed by atoms with Crippen LogP contribution in [0.2, 0.25) is 0 Å². The van der Waals surface area contributed by atoms with Gasteiger partial charge in [-0.15, -0.1) is 0 Å². The zero-order chi connectivity index (χ0) is 18.7. The molecule has 2 aromatic rings. The first-order chi connectivity index (χ1) is 12.5. The summed E-state index contributed by atoms with van der Waals surface area (Å²) in [6.07, 6.45) is 3.47. The number of hydrogen-bond acceptors (Lipinski definition) is 5. The van der Waals surface area contributed by atoms with Crippen molar-refractivity contribution in [3.05, 3.63) is 50.7 Å². The Morgan fingerprint density at radius 2 is 1.73 bits per heavy atom. The first kappa shape index (κ1) is 18.5. The summed E-state index contributed by atoms with van der Waals surface area (Å²) in [7, 11) is 0. The van der Waals surface area contributed by atoms with E-state index in [0.29, 0.717) is 28.6 Å². The minimum Gasteiger partial charge on any atom is -0.338 e. The van der Waals surface area contributed by atoms with Crippen LogP contribution in [0.4, 0.5) is 10.7 Å². The van der Waals surface area contributed by atoms with Gasteiger partial charge in [-0.05, 0) is 40.5 Å². The van der Waals surface area contributed by atoms with Crippen molar-refractivity contribution in [3.63, 3.8) is 0 Å². The molecule has 0 spiro atoms. The van der Waals surface area contributed by atoms with Gasteiger partial charge in [0, 0.05) is 30.0 Å². The number of urea groups is 1. The van der Waals surface area contributed by atoms with E-state index in [2.05, 4.69) is 52.5 Å². The van der Waals surface area contributed by atoms with E-state index >= 15 is 0 Å². The van der Waals surface area contributed by atoms with Crippen molar-refractivity contribution < 1.29 is 14.4 Å². The lowest BCUT2D eigenvalue weighted by atomic mass is 10.1. The van der Waals surface area contributed by atoms with Gasteiger partial charge in [0.2, 0.25) is 5.95 Å². The molecule has 1 aliphatic rings. The molecule has 0 saturated heterocycles. The second-order valence-electron chi connectivity index (χ2n) is 5.41. The van der Waals surface area contributed by atoms with Gasteiger partial charge in [0.1, 0.15) is 0 Å². The second-order valence-corrected chi connectivity index (χ2v) is 7.24. The van der Waals surface area contributed by atoms with E-state index in [9.17, 15) is 14.4 Å². The van der Waals surface area contributed by atoms with E-state index in [1.54, 1.807) is 18.2 Å². The van der Waals surface area contributed by atoms with Crippen LogP contribution in [-0.2, 0) is 0 Å². The number of nitrogens with zero attached hydrogens (tertiary/aromatic N) is 3. The highest BCUT2D eigenvalue weighted by Gasteiger charge is 2.34. The van der Waals surface area contributed by atoms with Crippen molar-refractivity contribution in [2.24, 2.45) is 0 Å². The van der Waals surface area contributed by atoms with Crippen molar-refractivity contribution in [1.82, 2.24) is 20.2 Å². The molecule has 0 unspecified atom stereocenters. The maximum Gasteiger partial charge on any atom is 0.321 e. The summed E-state index contributed by atoms with van der Waals surface area (Å²) in [5.41, 5.74) is 0.791. The number of fused-ring (bicyclic) bond motifs is 1. The molecule has 1 aromatic carbocycles. The first-order valence-corrected chi connectivity index (χ1v) is 9.22. The molecule has 2 N–H and O–H groups in total. The molecule has 3 rings (SSSR count). The fourth-order valence-electron chi connectivity index (χ4n) is 2.43. The molecule has 8 nitrogen and oxygen atoms in total. The maximum absolute atomic E-state index is 12.3. The molecule has 1 aromatic heterocycles. The van der Waals surface area contributed by atoms with Crippen LogP contribution in [-0.4, -0.2) is 45.8 Å². The summed E-state index contributed by atoms with van der Waals surface area (Å²) >= 11 is 6.50. The van der Waals surface area contributed by atoms with Crippen LogP contribution in [0.5, 0.6) is 0 Å². The number of anilines is 1. The van der Waals surface area contributed by atoms with Crippen LogP contribution >= 0.6 is 31.9 Å². The summed E-state index contributed by atoms with van der Waals surface area (Å²) in [6.45, 7) is 0.512. The fraction of sp³-hybridized carbons (Fsp3) is 0.188. The van der Waals surface area contributed by atoms with E-state index in [1.165, 1.54) is 17.3 Å². The average molecular weight is 483 g/mol. The van der Waals surface area contributed by atoms with E-state index < -0.39 is 6.03 Å².